The van der Waals surface area contributed by atoms with Gasteiger partial charge in [0.15, 0.2) is 0 Å². The quantitative estimate of drug-likeness (QED) is 0.299. The van der Waals surface area contributed by atoms with E-state index in [2.05, 4.69) is 36.9 Å². The Hall–Kier alpha value is -3.17. The monoisotopic (exact) mass is 556 g/mol. The molecule has 0 unspecified atom stereocenters. The van der Waals surface area contributed by atoms with Crippen LogP contribution in [0.1, 0.15) is 30.9 Å². The average Bonchev–Trinajstić information content (AvgIpc) is 3.26. The first-order chi connectivity index (χ1) is 17.4. The molecule has 0 bridgehead atoms. The zero-order valence-corrected chi connectivity index (χ0v) is 21.7. The van der Waals surface area contributed by atoms with Gasteiger partial charge >= 0.3 is 0 Å². The molecule has 4 rings (SSSR count). The maximum Gasteiger partial charge on any atom is 0.245 e. The summed E-state index contributed by atoms with van der Waals surface area (Å²) in [6.07, 6.45) is 6.47. The highest BCUT2D eigenvalue weighted by Crippen LogP contribution is 2.25. The molecule has 0 radical (unpaired) electrons. The van der Waals surface area contributed by atoms with Crippen LogP contribution < -0.4 is 20.7 Å². The average molecular weight is 557 g/mol. The van der Waals surface area contributed by atoms with Crippen LogP contribution in [0.5, 0.6) is 5.75 Å². The third kappa shape index (κ3) is 6.14. The molecule has 9 heteroatoms. The van der Waals surface area contributed by atoms with Gasteiger partial charge in [-0.25, -0.2) is 4.39 Å². The first-order valence-electron chi connectivity index (χ1n) is 12.1. The maximum atomic E-state index is 13.7. The van der Waals surface area contributed by atoms with E-state index >= 15 is 0 Å². The van der Waals surface area contributed by atoms with Crippen LogP contribution in [0.25, 0.3) is 17.0 Å². The Labute approximate surface area is 218 Å². The molecule has 1 aliphatic heterocycles. The number of carbonyl (C=O) groups is 2. The van der Waals surface area contributed by atoms with Crippen molar-refractivity contribution in [1.82, 2.24) is 20.9 Å². The number of ether oxygens (including phenoxy) is 1. The Morgan fingerprint density at radius 2 is 2.00 bits per heavy atom. The van der Waals surface area contributed by atoms with Crippen LogP contribution in [0.3, 0.4) is 0 Å². The molecule has 1 saturated heterocycles. The molecule has 190 valence electrons. The number of carbonyl (C=O) groups excluding carboxylic acids is 2. The summed E-state index contributed by atoms with van der Waals surface area (Å²) in [4.78, 5) is 29.3. The molecule has 0 aliphatic carbocycles. The fraction of sp³-hybridized carbons (Fsp3) is 0.333. The molecule has 1 aliphatic rings. The van der Waals surface area contributed by atoms with Crippen molar-refractivity contribution in [2.45, 2.75) is 31.7 Å². The van der Waals surface area contributed by atoms with Crippen molar-refractivity contribution in [3.8, 4) is 5.75 Å². The van der Waals surface area contributed by atoms with Crippen molar-refractivity contribution in [3.05, 3.63) is 70.1 Å². The van der Waals surface area contributed by atoms with Crippen LogP contribution >= 0.6 is 15.9 Å². The summed E-state index contributed by atoms with van der Waals surface area (Å²) in [6, 6.07) is 10.2. The van der Waals surface area contributed by atoms with Gasteiger partial charge in [0.2, 0.25) is 11.8 Å². The fourth-order valence-corrected chi connectivity index (χ4v) is 4.86. The van der Waals surface area contributed by atoms with Gasteiger partial charge < -0.3 is 25.7 Å². The molecule has 0 saturated carbocycles. The molecular formula is C27H30BrFN4O3. The van der Waals surface area contributed by atoms with E-state index in [-0.39, 0.29) is 17.6 Å². The molecule has 36 heavy (non-hydrogen) atoms. The summed E-state index contributed by atoms with van der Waals surface area (Å²) in [5.41, 5.74) is 1.54. The SMILES string of the molecule is CCOc1ccc(Br)cc1C=CC(=O)NC1(C(=O)NCCc2c[nH]c3ccc(F)cc23)CCNCC1. The summed E-state index contributed by atoms with van der Waals surface area (Å²) in [5, 5.41) is 10.00. The van der Waals surface area contributed by atoms with Crippen molar-refractivity contribution in [1.29, 1.82) is 0 Å². The second-order valence-electron chi connectivity index (χ2n) is 8.78. The highest BCUT2D eigenvalue weighted by atomic mass is 79.9. The van der Waals surface area contributed by atoms with Crippen molar-refractivity contribution in [2.75, 3.05) is 26.2 Å². The lowest BCUT2D eigenvalue weighted by atomic mass is 9.87. The minimum Gasteiger partial charge on any atom is -0.493 e. The minimum absolute atomic E-state index is 0.214. The third-order valence-electron chi connectivity index (χ3n) is 6.35. The Bertz CT molecular complexity index is 1270. The van der Waals surface area contributed by atoms with E-state index in [1.165, 1.54) is 18.2 Å². The van der Waals surface area contributed by atoms with Gasteiger partial charge in [-0.15, -0.1) is 0 Å². The van der Waals surface area contributed by atoms with E-state index in [1.54, 1.807) is 12.1 Å². The number of amides is 2. The lowest BCUT2D eigenvalue weighted by Gasteiger charge is -2.36. The zero-order chi connectivity index (χ0) is 25.5. The minimum atomic E-state index is -1.00. The highest BCUT2D eigenvalue weighted by molar-refractivity contribution is 9.10. The molecule has 4 N–H and O–H groups in total. The number of aromatic nitrogens is 1. The molecule has 1 fully saturated rings. The smallest absolute Gasteiger partial charge is 0.245 e. The summed E-state index contributed by atoms with van der Waals surface area (Å²) in [7, 11) is 0. The van der Waals surface area contributed by atoms with E-state index in [0.717, 1.165) is 26.5 Å². The predicted octanol–water partition coefficient (Wildman–Crippen LogP) is 4.08. The Morgan fingerprint density at radius 1 is 1.19 bits per heavy atom. The summed E-state index contributed by atoms with van der Waals surface area (Å²) in [6.45, 7) is 4.04. The van der Waals surface area contributed by atoms with Gasteiger partial charge in [0.1, 0.15) is 17.1 Å². The lowest BCUT2D eigenvalue weighted by Crippen LogP contribution is -2.62. The number of aromatic amines is 1. The van der Waals surface area contributed by atoms with E-state index in [1.807, 2.05) is 31.3 Å². The number of rotatable bonds is 9. The van der Waals surface area contributed by atoms with Gasteiger partial charge in [0.25, 0.3) is 0 Å². The lowest BCUT2D eigenvalue weighted by molar-refractivity contribution is -0.133. The number of nitrogens with one attached hydrogen (secondary N) is 4. The summed E-state index contributed by atoms with van der Waals surface area (Å²) >= 11 is 3.45. The molecule has 2 heterocycles. The number of piperidine rings is 1. The van der Waals surface area contributed by atoms with Gasteiger partial charge in [0, 0.05) is 39.8 Å². The van der Waals surface area contributed by atoms with Crippen LogP contribution in [0.2, 0.25) is 0 Å². The van der Waals surface area contributed by atoms with Crippen LogP contribution in [-0.2, 0) is 16.0 Å². The molecule has 0 atom stereocenters. The number of hydrogen-bond donors (Lipinski definition) is 4. The Morgan fingerprint density at radius 3 is 2.78 bits per heavy atom. The van der Waals surface area contributed by atoms with Crippen LogP contribution in [0.4, 0.5) is 4.39 Å². The summed E-state index contributed by atoms with van der Waals surface area (Å²) < 4.78 is 20.2. The maximum absolute atomic E-state index is 13.7. The molecule has 3 aromatic rings. The molecule has 2 aromatic carbocycles. The van der Waals surface area contributed by atoms with Crippen molar-refractivity contribution in [3.63, 3.8) is 0 Å². The normalized spacial score (nSPS) is 15.2. The largest absolute Gasteiger partial charge is 0.493 e. The van der Waals surface area contributed by atoms with Crippen molar-refractivity contribution >= 4 is 44.7 Å². The van der Waals surface area contributed by atoms with Gasteiger partial charge in [-0.3, -0.25) is 9.59 Å². The molecular weight excluding hydrogens is 527 g/mol. The first-order valence-corrected chi connectivity index (χ1v) is 12.9. The van der Waals surface area contributed by atoms with Crippen LogP contribution in [-0.4, -0.2) is 48.6 Å². The second kappa shape index (κ2) is 11.7. The Kier molecular flexibility index (Phi) is 8.43. The number of benzene rings is 2. The van der Waals surface area contributed by atoms with Crippen LogP contribution in [0, 0.1) is 5.82 Å². The Balaban J connectivity index is 1.41. The third-order valence-corrected chi connectivity index (χ3v) is 6.84. The number of fused-ring (bicyclic) bond motifs is 1. The van der Waals surface area contributed by atoms with Crippen LogP contribution in [0.15, 0.2) is 53.1 Å². The number of H-pyrrole nitrogens is 1. The molecule has 1 aromatic heterocycles. The topological polar surface area (TPSA) is 95.2 Å². The van der Waals surface area contributed by atoms with Gasteiger partial charge in [0.05, 0.1) is 6.61 Å². The fourth-order valence-electron chi connectivity index (χ4n) is 4.48. The summed E-state index contributed by atoms with van der Waals surface area (Å²) in [5.74, 6) is -0.180. The number of halogens is 2. The van der Waals surface area contributed by atoms with Gasteiger partial charge in [-0.05, 0) is 87.3 Å². The first kappa shape index (κ1) is 25.9. The van der Waals surface area contributed by atoms with Gasteiger partial charge in [-0.1, -0.05) is 15.9 Å². The van der Waals surface area contributed by atoms with E-state index < -0.39 is 5.54 Å². The zero-order valence-electron chi connectivity index (χ0n) is 20.1. The standard InChI is InChI=1S/C27H30BrFN4O3/c1-2-36-24-7-4-20(28)15-18(24)3-8-25(34)33-27(10-13-30-14-11-27)26(35)31-12-9-19-17-32-23-6-5-21(29)16-22(19)23/h3-8,15-17,30,32H,2,9-14H2,1H3,(H,31,35)(H,33,34). The molecule has 0 spiro atoms. The van der Waals surface area contributed by atoms with Crippen molar-refractivity contribution < 1.29 is 18.7 Å². The highest BCUT2D eigenvalue weighted by Gasteiger charge is 2.40. The predicted molar refractivity (Wildman–Crippen MR) is 142 cm³/mol. The molecule has 7 nitrogen and oxygen atoms in total. The second-order valence-corrected chi connectivity index (χ2v) is 9.70. The van der Waals surface area contributed by atoms with E-state index in [0.29, 0.717) is 51.3 Å². The molecule has 2 amide bonds. The van der Waals surface area contributed by atoms with Gasteiger partial charge in [-0.2, -0.15) is 0 Å². The van der Waals surface area contributed by atoms with E-state index in [4.69, 9.17) is 4.74 Å². The van der Waals surface area contributed by atoms with Crippen molar-refractivity contribution in [2.24, 2.45) is 0 Å². The van der Waals surface area contributed by atoms with E-state index in [9.17, 15) is 14.0 Å². The number of hydrogen-bond acceptors (Lipinski definition) is 4.